The van der Waals surface area contributed by atoms with E-state index in [1.165, 1.54) is 16.4 Å². The first-order chi connectivity index (χ1) is 14.3. The fourth-order valence-corrected chi connectivity index (χ4v) is 4.90. The van der Waals surface area contributed by atoms with E-state index in [1.54, 1.807) is 12.1 Å². The van der Waals surface area contributed by atoms with Gasteiger partial charge in [-0.15, -0.1) is 0 Å². The molecule has 30 heavy (non-hydrogen) atoms. The van der Waals surface area contributed by atoms with Crippen molar-refractivity contribution in [2.75, 3.05) is 26.3 Å². The smallest absolute Gasteiger partial charge is 0.309 e. The van der Waals surface area contributed by atoms with Crippen molar-refractivity contribution in [3.63, 3.8) is 0 Å². The zero-order chi connectivity index (χ0) is 22.1. The molecule has 1 aromatic rings. The predicted molar refractivity (Wildman–Crippen MR) is 113 cm³/mol. The van der Waals surface area contributed by atoms with Crippen LogP contribution >= 0.6 is 0 Å². The normalized spacial score (nSPS) is 16.6. The van der Waals surface area contributed by atoms with E-state index in [0.29, 0.717) is 25.2 Å². The molecule has 1 unspecified atom stereocenters. The third-order valence-corrected chi connectivity index (χ3v) is 6.95. The molecule has 9 heteroatoms. The zero-order valence-electron chi connectivity index (χ0n) is 17.9. The summed E-state index contributed by atoms with van der Waals surface area (Å²) in [4.78, 5) is 24.3. The lowest BCUT2D eigenvalue weighted by Crippen LogP contribution is -2.41. The van der Waals surface area contributed by atoms with E-state index in [4.69, 9.17) is 9.47 Å². The van der Waals surface area contributed by atoms with Crippen LogP contribution in [0.25, 0.3) is 0 Å². The Kier molecular flexibility index (Phi) is 9.10. The standard InChI is InChI=1S/C21H32N2O6S/c1-4-6-16(3)22-20(24)15-29-21(25)17-11-13-23(14-12-17)30(26,27)19-9-7-18(8-10-19)28-5-2/h7-10,16-17H,4-6,11-15H2,1-3H3,(H,22,24). The minimum atomic E-state index is -3.63. The summed E-state index contributed by atoms with van der Waals surface area (Å²) < 4.78 is 37.5. The molecule has 1 amide bonds. The zero-order valence-corrected chi connectivity index (χ0v) is 18.7. The first-order valence-corrected chi connectivity index (χ1v) is 11.9. The van der Waals surface area contributed by atoms with Crippen molar-refractivity contribution in [3.05, 3.63) is 24.3 Å². The Labute approximate surface area is 179 Å². The number of carbonyl (C=O) groups is 2. The van der Waals surface area contributed by atoms with E-state index < -0.39 is 21.9 Å². The van der Waals surface area contributed by atoms with Crippen LogP contribution in [0.1, 0.15) is 46.5 Å². The maximum atomic E-state index is 12.8. The van der Waals surface area contributed by atoms with Crippen molar-refractivity contribution >= 4 is 21.9 Å². The Bertz CT molecular complexity index is 801. The van der Waals surface area contributed by atoms with Gasteiger partial charge in [-0.2, -0.15) is 4.31 Å². The van der Waals surface area contributed by atoms with Crippen LogP contribution in [-0.4, -0.2) is 56.9 Å². The van der Waals surface area contributed by atoms with Crippen molar-refractivity contribution in [1.29, 1.82) is 0 Å². The van der Waals surface area contributed by atoms with Crippen LogP contribution in [0.2, 0.25) is 0 Å². The van der Waals surface area contributed by atoms with Crippen LogP contribution in [0.4, 0.5) is 0 Å². The molecule has 0 aliphatic carbocycles. The minimum Gasteiger partial charge on any atom is -0.494 e. The topological polar surface area (TPSA) is 102 Å². The summed E-state index contributed by atoms with van der Waals surface area (Å²) in [5.74, 6) is -0.560. The molecule has 2 rings (SSSR count). The molecule has 0 spiro atoms. The molecule has 1 atom stereocenters. The van der Waals surface area contributed by atoms with Gasteiger partial charge in [0.1, 0.15) is 5.75 Å². The van der Waals surface area contributed by atoms with E-state index >= 15 is 0 Å². The number of nitrogens with zero attached hydrogens (tertiary/aromatic N) is 1. The number of ether oxygens (including phenoxy) is 2. The highest BCUT2D eigenvalue weighted by atomic mass is 32.2. The maximum absolute atomic E-state index is 12.8. The third-order valence-electron chi connectivity index (χ3n) is 5.03. The second kappa shape index (κ2) is 11.3. The van der Waals surface area contributed by atoms with Gasteiger partial charge in [0.25, 0.3) is 5.91 Å². The van der Waals surface area contributed by atoms with Crippen LogP contribution in [0.5, 0.6) is 5.75 Å². The van der Waals surface area contributed by atoms with Crippen LogP contribution < -0.4 is 10.1 Å². The summed E-state index contributed by atoms with van der Waals surface area (Å²) in [6.07, 6.45) is 2.55. The minimum absolute atomic E-state index is 0.0391. The van der Waals surface area contributed by atoms with E-state index in [9.17, 15) is 18.0 Å². The SMILES string of the molecule is CCCC(C)NC(=O)COC(=O)C1CCN(S(=O)(=O)c2ccc(OCC)cc2)CC1. The molecule has 0 saturated carbocycles. The molecule has 1 aliphatic rings. The Morgan fingerprint density at radius 3 is 2.37 bits per heavy atom. The van der Waals surface area contributed by atoms with Crippen LogP contribution in [-0.2, 0) is 24.3 Å². The Hall–Kier alpha value is -2.13. The fraction of sp³-hybridized carbons (Fsp3) is 0.619. The Balaban J connectivity index is 1.83. The molecule has 0 aromatic heterocycles. The second-order valence-electron chi connectivity index (χ2n) is 7.45. The lowest BCUT2D eigenvalue weighted by Gasteiger charge is -2.30. The van der Waals surface area contributed by atoms with Gasteiger partial charge < -0.3 is 14.8 Å². The summed E-state index contributed by atoms with van der Waals surface area (Å²) in [6, 6.07) is 6.36. The number of benzene rings is 1. The van der Waals surface area contributed by atoms with Gasteiger partial charge in [-0.25, -0.2) is 8.42 Å². The molecular weight excluding hydrogens is 408 g/mol. The molecule has 1 N–H and O–H groups in total. The molecule has 0 radical (unpaired) electrons. The lowest BCUT2D eigenvalue weighted by atomic mass is 9.98. The number of rotatable bonds is 10. The monoisotopic (exact) mass is 440 g/mol. The van der Waals surface area contributed by atoms with Crippen LogP contribution in [0.15, 0.2) is 29.2 Å². The molecule has 1 fully saturated rings. The third kappa shape index (κ3) is 6.70. The summed E-state index contributed by atoms with van der Waals surface area (Å²) in [6.45, 7) is 6.46. The number of hydrogen-bond acceptors (Lipinski definition) is 6. The number of amides is 1. The Morgan fingerprint density at radius 1 is 1.17 bits per heavy atom. The summed E-state index contributed by atoms with van der Waals surface area (Å²) in [5, 5.41) is 2.78. The molecule has 1 saturated heterocycles. The van der Waals surface area contributed by atoms with Gasteiger partial charge in [0, 0.05) is 19.1 Å². The van der Waals surface area contributed by atoms with E-state index in [2.05, 4.69) is 5.32 Å². The molecule has 168 valence electrons. The quantitative estimate of drug-likeness (QED) is 0.560. The molecule has 1 heterocycles. The molecule has 1 aromatic carbocycles. The molecular formula is C21H32N2O6S. The molecule has 0 bridgehead atoms. The molecule has 8 nitrogen and oxygen atoms in total. The number of piperidine rings is 1. The second-order valence-corrected chi connectivity index (χ2v) is 9.39. The summed E-state index contributed by atoms with van der Waals surface area (Å²) in [5.41, 5.74) is 0. The van der Waals surface area contributed by atoms with Gasteiger partial charge in [-0.05, 0) is 57.4 Å². The number of esters is 1. The highest BCUT2D eigenvalue weighted by Crippen LogP contribution is 2.25. The highest BCUT2D eigenvalue weighted by molar-refractivity contribution is 7.89. The molecule has 1 aliphatic heterocycles. The summed E-state index contributed by atoms with van der Waals surface area (Å²) >= 11 is 0. The largest absolute Gasteiger partial charge is 0.494 e. The van der Waals surface area contributed by atoms with Gasteiger partial charge in [0.2, 0.25) is 10.0 Å². The van der Waals surface area contributed by atoms with E-state index in [0.717, 1.165) is 12.8 Å². The van der Waals surface area contributed by atoms with Crippen molar-refractivity contribution in [1.82, 2.24) is 9.62 Å². The highest BCUT2D eigenvalue weighted by Gasteiger charge is 2.33. The number of hydrogen-bond donors (Lipinski definition) is 1. The van der Waals surface area contributed by atoms with Crippen molar-refractivity contribution in [3.8, 4) is 5.75 Å². The van der Waals surface area contributed by atoms with Crippen LogP contribution in [0.3, 0.4) is 0 Å². The van der Waals surface area contributed by atoms with Gasteiger partial charge in [-0.1, -0.05) is 13.3 Å². The van der Waals surface area contributed by atoms with Crippen molar-refractivity contribution < 1.29 is 27.5 Å². The maximum Gasteiger partial charge on any atom is 0.309 e. The van der Waals surface area contributed by atoms with Crippen LogP contribution in [0, 0.1) is 5.92 Å². The van der Waals surface area contributed by atoms with Crippen molar-refractivity contribution in [2.45, 2.75) is 57.4 Å². The first kappa shape index (κ1) is 24.1. The van der Waals surface area contributed by atoms with Gasteiger partial charge in [-0.3, -0.25) is 9.59 Å². The number of nitrogens with one attached hydrogen (secondary N) is 1. The van der Waals surface area contributed by atoms with Crippen molar-refractivity contribution in [2.24, 2.45) is 5.92 Å². The first-order valence-electron chi connectivity index (χ1n) is 10.5. The summed E-state index contributed by atoms with van der Waals surface area (Å²) in [7, 11) is -3.63. The van der Waals surface area contributed by atoms with Gasteiger partial charge in [0.15, 0.2) is 6.61 Å². The predicted octanol–water partition coefficient (Wildman–Crippen LogP) is 2.33. The Morgan fingerprint density at radius 2 is 1.80 bits per heavy atom. The van der Waals surface area contributed by atoms with Gasteiger partial charge in [0.05, 0.1) is 17.4 Å². The lowest BCUT2D eigenvalue weighted by molar-refractivity contribution is -0.153. The fourth-order valence-electron chi connectivity index (χ4n) is 3.43. The average molecular weight is 441 g/mol. The van der Waals surface area contributed by atoms with Gasteiger partial charge >= 0.3 is 5.97 Å². The average Bonchev–Trinajstić information content (AvgIpc) is 2.73. The van der Waals surface area contributed by atoms with E-state index in [1.807, 2.05) is 20.8 Å². The number of sulfonamides is 1. The number of carbonyl (C=O) groups excluding carboxylic acids is 2. The van der Waals surface area contributed by atoms with E-state index in [-0.39, 0.29) is 36.5 Å².